The first kappa shape index (κ1) is 14.9. The molecule has 1 aromatic heterocycles. The van der Waals surface area contributed by atoms with Crippen molar-refractivity contribution < 1.29 is 14.7 Å². The van der Waals surface area contributed by atoms with Crippen LogP contribution in [-0.2, 0) is 11.3 Å². The van der Waals surface area contributed by atoms with E-state index in [-0.39, 0.29) is 18.4 Å². The Labute approximate surface area is 112 Å². The highest BCUT2D eigenvalue weighted by Gasteiger charge is 2.09. The van der Waals surface area contributed by atoms with E-state index in [1.807, 2.05) is 13.0 Å². The number of rotatable bonds is 6. The standard InChI is InChI=1S/C13H19N3O3/c1-9(5-12(17)18)6-15-13(19)16-8-11-3-4-14-7-10(11)2/h3-4,7,9H,5-6,8H2,1-2H3,(H,17,18)(H2,15,16,19). The second kappa shape index (κ2) is 7.35. The third kappa shape index (κ3) is 5.85. The number of urea groups is 1. The van der Waals surface area contributed by atoms with Gasteiger partial charge in [0.25, 0.3) is 0 Å². The van der Waals surface area contributed by atoms with Gasteiger partial charge in [0, 0.05) is 31.9 Å². The molecule has 0 saturated heterocycles. The average Bonchev–Trinajstić information content (AvgIpc) is 2.34. The molecular formula is C13H19N3O3. The Morgan fingerprint density at radius 2 is 2.16 bits per heavy atom. The summed E-state index contributed by atoms with van der Waals surface area (Å²) in [5.74, 6) is -0.951. The number of aromatic nitrogens is 1. The van der Waals surface area contributed by atoms with Gasteiger partial charge in [-0.3, -0.25) is 9.78 Å². The minimum Gasteiger partial charge on any atom is -0.481 e. The molecule has 0 fully saturated rings. The number of amides is 2. The SMILES string of the molecule is Cc1cnccc1CNC(=O)NCC(C)CC(=O)O. The third-order valence-electron chi connectivity index (χ3n) is 2.71. The highest BCUT2D eigenvalue weighted by molar-refractivity contribution is 5.74. The zero-order chi connectivity index (χ0) is 14.3. The molecule has 1 aromatic rings. The summed E-state index contributed by atoms with van der Waals surface area (Å²) in [5.41, 5.74) is 2.02. The monoisotopic (exact) mass is 265 g/mol. The number of aliphatic carboxylic acids is 1. The summed E-state index contributed by atoms with van der Waals surface area (Å²) in [7, 11) is 0. The molecule has 3 N–H and O–H groups in total. The largest absolute Gasteiger partial charge is 0.481 e. The van der Waals surface area contributed by atoms with Gasteiger partial charge in [0.2, 0.25) is 0 Å². The van der Waals surface area contributed by atoms with Crippen LogP contribution in [0.5, 0.6) is 0 Å². The summed E-state index contributed by atoms with van der Waals surface area (Å²) in [6.07, 6.45) is 3.46. The van der Waals surface area contributed by atoms with Gasteiger partial charge in [0.15, 0.2) is 0 Å². The Morgan fingerprint density at radius 1 is 1.42 bits per heavy atom. The van der Waals surface area contributed by atoms with Crippen molar-refractivity contribution in [1.82, 2.24) is 15.6 Å². The second-order valence-corrected chi connectivity index (χ2v) is 4.57. The van der Waals surface area contributed by atoms with Crippen LogP contribution in [0.4, 0.5) is 4.79 Å². The fraction of sp³-hybridized carbons (Fsp3) is 0.462. The summed E-state index contributed by atoms with van der Waals surface area (Å²) in [6, 6.07) is 1.55. The van der Waals surface area contributed by atoms with Crippen LogP contribution >= 0.6 is 0 Å². The maximum atomic E-state index is 11.5. The van der Waals surface area contributed by atoms with Crippen molar-refractivity contribution in [1.29, 1.82) is 0 Å². The van der Waals surface area contributed by atoms with Gasteiger partial charge in [0.05, 0.1) is 0 Å². The van der Waals surface area contributed by atoms with Crippen LogP contribution in [0, 0.1) is 12.8 Å². The topological polar surface area (TPSA) is 91.3 Å². The molecule has 0 radical (unpaired) electrons. The smallest absolute Gasteiger partial charge is 0.315 e. The van der Waals surface area contributed by atoms with Crippen molar-refractivity contribution in [2.75, 3.05) is 6.54 Å². The lowest BCUT2D eigenvalue weighted by Crippen LogP contribution is -2.37. The number of carboxylic acids is 1. The van der Waals surface area contributed by atoms with Gasteiger partial charge in [-0.1, -0.05) is 6.92 Å². The van der Waals surface area contributed by atoms with Crippen LogP contribution in [0.15, 0.2) is 18.5 Å². The molecule has 19 heavy (non-hydrogen) atoms. The minimum atomic E-state index is -0.859. The molecule has 0 saturated carbocycles. The van der Waals surface area contributed by atoms with Crippen LogP contribution in [0.1, 0.15) is 24.5 Å². The second-order valence-electron chi connectivity index (χ2n) is 4.57. The van der Waals surface area contributed by atoms with Crippen molar-refractivity contribution in [3.8, 4) is 0 Å². The van der Waals surface area contributed by atoms with Gasteiger partial charge in [-0.15, -0.1) is 0 Å². The molecule has 0 aliphatic heterocycles. The lowest BCUT2D eigenvalue weighted by Gasteiger charge is -2.12. The van der Waals surface area contributed by atoms with Crippen LogP contribution in [0.2, 0.25) is 0 Å². The number of hydrogen-bond donors (Lipinski definition) is 3. The molecule has 0 bridgehead atoms. The van der Waals surface area contributed by atoms with E-state index in [1.165, 1.54) is 0 Å². The predicted molar refractivity (Wildman–Crippen MR) is 70.6 cm³/mol. The fourth-order valence-electron chi connectivity index (χ4n) is 1.58. The van der Waals surface area contributed by atoms with E-state index in [2.05, 4.69) is 15.6 Å². The van der Waals surface area contributed by atoms with Crippen molar-refractivity contribution in [2.45, 2.75) is 26.8 Å². The molecule has 0 aliphatic rings. The fourth-order valence-corrected chi connectivity index (χ4v) is 1.58. The molecule has 0 aliphatic carbocycles. The highest BCUT2D eigenvalue weighted by atomic mass is 16.4. The van der Waals surface area contributed by atoms with Crippen LogP contribution in [0.25, 0.3) is 0 Å². The number of carbonyl (C=O) groups is 2. The van der Waals surface area contributed by atoms with Crippen LogP contribution in [0.3, 0.4) is 0 Å². The maximum absolute atomic E-state index is 11.5. The van der Waals surface area contributed by atoms with E-state index >= 15 is 0 Å². The first-order chi connectivity index (χ1) is 8.99. The molecule has 0 aromatic carbocycles. The van der Waals surface area contributed by atoms with Gasteiger partial charge in [-0.05, 0) is 30.0 Å². The van der Waals surface area contributed by atoms with E-state index in [4.69, 9.17) is 5.11 Å². The maximum Gasteiger partial charge on any atom is 0.315 e. The van der Waals surface area contributed by atoms with E-state index in [9.17, 15) is 9.59 Å². The normalized spacial score (nSPS) is 11.7. The minimum absolute atomic E-state index is 0.0454. The highest BCUT2D eigenvalue weighted by Crippen LogP contribution is 2.04. The van der Waals surface area contributed by atoms with Crippen molar-refractivity contribution in [3.05, 3.63) is 29.6 Å². The van der Waals surface area contributed by atoms with Gasteiger partial charge >= 0.3 is 12.0 Å². The summed E-state index contributed by atoms with van der Waals surface area (Å²) >= 11 is 0. The molecule has 1 unspecified atom stereocenters. The lowest BCUT2D eigenvalue weighted by molar-refractivity contribution is -0.137. The summed E-state index contributed by atoms with van der Waals surface area (Å²) < 4.78 is 0. The number of nitrogens with zero attached hydrogens (tertiary/aromatic N) is 1. The Bertz CT molecular complexity index is 449. The zero-order valence-corrected chi connectivity index (χ0v) is 11.1. The average molecular weight is 265 g/mol. The molecular weight excluding hydrogens is 246 g/mol. The Balaban J connectivity index is 2.29. The van der Waals surface area contributed by atoms with Gasteiger partial charge in [-0.2, -0.15) is 0 Å². The van der Waals surface area contributed by atoms with Crippen LogP contribution in [-0.4, -0.2) is 28.6 Å². The number of carbonyl (C=O) groups excluding carboxylic acids is 1. The van der Waals surface area contributed by atoms with Gasteiger partial charge in [-0.25, -0.2) is 4.79 Å². The summed E-state index contributed by atoms with van der Waals surface area (Å²) in [5, 5.41) is 14.0. The number of pyridine rings is 1. The third-order valence-corrected chi connectivity index (χ3v) is 2.71. The Hall–Kier alpha value is -2.11. The zero-order valence-electron chi connectivity index (χ0n) is 11.1. The Morgan fingerprint density at radius 3 is 2.79 bits per heavy atom. The molecule has 0 spiro atoms. The predicted octanol–water partition coefficient (Wildman–Crippen LogP) is 1.30. The van der Waals surface area contributed by atoms with Crippen molar-refractivity contribution in [2.24, 2.45) is 5.92 Å². The summed E-state index contributed by atoms with van der Waals surface area (Å²) in [4.78, 5) is 26.0. The quantitative estimate of drug-likeness (QED) is 0.723. The lowest BCUT2D eigenvalue weighted by atomic mass is 10.1. The van der Waals surface area contributed by atoms with Gasteiger partial charge < -0.3 is 15.7 Å². The van der Waals surface area contributed by atoms with Crippen molar-refractivity contribution in [3.63, 3.8) is 0 Å². The van der Waals surface area contributed by atoms with Gasteiger partial charge in [0.1, 0.15) is 0 Å². The van der Waals surface area contributed by atoms with Crippen molar-refractivity contribution >= 4 is 12.0 Å². The first-order valence-corrected chi connectivity index (χ1v) is 6.12. The summed E-state index contributed by atoms with van der Waals surface area (Å²) in [6.45, 7) is 4.47. The molecule has 2 amide bonds. The van der Waals surface area contributed by atoms with E-state index in [0.717, 1.165) is 11.1 Å². The number of carboxylic acid groups (broad SMARTS) is 1. The molecule has 1 rings (SSSR count). The molecule has 1 heterocycles. The van der Waals surface area contributed by atoms with E-state index < -0.39 is 5.97 Å². The van der Waals surface area contributed by atoms with E-state index in [0.29, 0.717) is 13.1 Å². The number of aryl methyl sites for hydroxylation is 1. The molecule has 1 atom stereocenters. The van der Waals surface area contributed by atoms with Crippen LogP contribution < -0.4 is 10.6 Å². The molecule has 6 heteroatoms. The first-order valence-electron chi connectivity index (χ1n) is 6.12. The van der Waals surface area contributed by atoms with E-state index in [1.54, 1.807) is 19.3 Å². The number of hydrogen-bond acceptors (Lipinski definition) is 3. The Kier molecular flexibility index (Phi) is 5.78. The molecule has 6 nitrogen and oxygen atoms in total. The number of nitrogens with one attached hydrogen (secondary N) is 2. The molecule has 104 valence electrons.